The Bertz CT molecular complexity index is 442. The van der Waals surface area contributed by atoms with Crippen LogP contribution < -0.4 is 11.1 Å². The van der Waals surface area contributed by atoms with Crippen molar-refractivity contribution in [2.45, 2.75) is 6.92 Å². The average Bonchev–Trinajstić information content (AvgIpc) is 2.36. The third kappa shape index (κ3) is 2.37. The Kier molecular flexibility index (Phi) is 3.54. The van der Waals surface area contributed by atoms with Crippen LogP contribution in [-0.4, -0.2) is 37.0 Å². The van der Waals surface area contributed by atoms with E-state index >= 15 is 0 Å². The average molecular weight is 254 g/mol. The number of amides is 1. The van der Waals surface area contributed by atoms with Crippen molar-refractivity contribution < 1.29 is 4.79 Å². The van der Waals surface area contributed by atoms with Gasteiger partial charge < -0.3 is 16.0 Å². The molecule has 1 fully saturated rings. The summed E-state index contributed by atoms with van der Waals surface area (Å²) < 4.78 is 0. The number of carbonyl (C=O) groups excluding carboxylic acids is 1. The maximum absolute atomic E-state index is 12.3. The van der Waals surface area contributed by atoms with Gasteiger partial charge in [0.1, 0.15) is 0 Å². The van der Waals surface area contributed by atoms with Crippen molar-refractivity contribution in [3.8, 4) is 0 Å². The largest absolute Gasteiger partial charge is 0.398 e. The lowest BCUT2D eigenvalue weighted by molar-refractivity contribution is 0.0737. The second-order valence-electron chi connectivity index (χ2n) is 4.18. The normalized spacial score (nSPS) is 16.0. The summed E-state index contributed by atoms with van der Waals surface area (Å²) in [6.45, 7) is 4.93. The van der Waals surface area contributed by atoms with Crippen molar-refractivity contribution in [1.82, 2.24) is 10.2 Å². The molecule has 1 aromatic rings. The number of nitrogen functional groups attached to an aromatic ring is 1. The highest BCUT2D eigenvalue weighted by Gasteiger charge is 2.20. The van der Waals surface area contributed by atoms with Crippen LogP contribution in [0.1, 0.15) is 15.9 Å². The molecule has 1 aliphatic heterocycles. The fourth-order valence-corrected chi connectivity index (χ4v) is 2.09. The maximum atomic E-state index is 12.3. The van der Waals surface area contributed by atoms with Crippen LogP contribution in [0.3, 0.4) is 0 Å². The molecule has 5 heteroatoms. The van der Waals surface area contributed by atoms with E-state index in [1.807, 2.05) is 11.8 Å². The van der Waals surface area contributed by atoms with E-state index in [-0.39, 0.29) is 5.91 Å². The van der Waals surface area contributed by atoms with E-state index in [0.29, 0.717) is 16.3 Å². The fourth-order valence-electron chi connectivity index (χ4n) is 1.93. The molecule has 0 radical (unpaired) electrons. The van der Waals surface area contributed by atoms with E-state index < -0.39 is 0 Å². The third-order valence-electron chi connectivity index (χ3n) is 3.08. The molecule has 0 aromatic heterocycles. The van der Waals surface area contributed by atoms with Crippen molar-refractivity contribution in [1.29, 1.82) is 0 Å². The van der Waals surface area contributed by atoms with Crippen molar-refractivity contribution >= 4 is 23.2 Å². The first kappa shape index (κ1) is 12.2. The number of piperazine rings is 1. The van der Waals surface area contributed by atoms with Crippen LogP contribution in [-0.2, 0) is 0 Å². The second kappa shape index (κ2) is 4.94. The second-order valence-corrected chi connectivity index (χ2v) is 4.58. The van der Waals surface area contributed by atoms with Gasteiger partial charge in [0.15, 0.2) is 0 Å². The number of nitrogens with one attached hydrogen (secondary N) is 1. The molecule has 0 aliphatic carbocycles. The highest BCUT2D eigenvalue weighted by molar-refractivity contribution is 6.32. The Balaban J connectivity index is 2.27. The SMILES string of the molecule is Cc1c(Cl)ccc(C(=O)N2CCNCC2)c1N. The van der Waals surface area contributed by atoms with Crippen molar-refractivity contribution in [3.63, 3.8) is 0 Å². The van der Waals surface area contributed by atoms with E-state index in [1.165, 1.54) is 0 Å². The number of hydrogen-bond acceptors (Lipinski definition) is 3. The molecule has 0 atom stereocenters. The first-order chi connectivity index (χ1) is 8.11. The Morgan fingerprint density at radius 1 is 1.41 bits per heavy atom. The molecule has 1 amide bonds. The lowest BCUT2D eigenvalue weighted by atomic mass is 10.1. The highest BCUT2D eigenvalue weighted by atomic mass is 35.5. The van der Waals surface area contributed by atoms with Crippen molar-refractivity contribution in [2.24, 2.45) is 0 Å². The highest BCUT2D eigenvalue weighted by Crippen LogP contribution is 2.25. The Labute approximate surface area is 106 Å². The maximum Gasteiger partial charge on any atom is 0.256 e. The van der Waals surface area contributed by atoms with Gasteiger partial charge in [0.2, 0.25) is 0 Å². The molecule has 1 saturated heterocycles. The lowest BCUT2D eigenvalue weighted by Crippen LogP contribution is -2.46. The van der Waals surface area contributed by atoms with E-state index in [2.05, 4.69) is 5.32 Å². The van der Waals surface area contributed by atoms with Gasteiger partial charge in [-0.05, 0) is 24.6 Å². The van der Waals surface area contributed by atoms with Crippen LogP contribution in [0.4, 0.5) is 5.69 Å². The molecule has 3 N–H and O–H groups in total. The van der Waals surface area contributed by atoms with Crippen LogP contribution in [0, 0.1) is 6.92 Å². The number of hydrogen-bond donors (Lipinski definition) is 2. The zero-order valence-corrected chi connectivity index (χ0v) is 10.5. The van der Waals surface area contributed by atoms with Gasteiger partial charge in [-0.15, -0.1) is 0 Å². The zero-order valence-electron chi connectivity index (χ0n) is 9.79. The Morgan fingerprint density at radius 2 is 2.06 bits per heavy atom. The minimum absolute atomic E-state index is 0.0104. The van der Waals surface area contributed by atoms with Crippen LogP contribution in [0.5, 0.6) is 0 Å². The molecule has 0 unspecified atom stereocenters. The number of halogens is 1. The first-order valence-electron chi connectivity index (χ1n) is 5.66. The fraction of sp³-hybridized carbons (Fsp3) is 0.417. The number of anilines is 1. The molecule has 1 aromatic carbocycles. The van der Waals surface area contributed by atoms with Crippen LogP contribution in [0.2, 0.25) is 5.02 Å². The number of nitrogens with two attached hydrogens (primary N) is 1. The monoisotopic (exact) mass is 253 g/mol. The van der Waals surface area contributed by atoms with Gasteiger partial charge in [0, 0.05) is 36.9 Å². The summed E-state index contributed by atoms with van der Waals surface area (Å²) in [6.07, 6.45) is 0. The summed E-state index contributed by atoms with van der Waals surface area (Å²) >= 11 is 5.96. The lowest BCUT2D eigenvalue weighted by Gasteiger charge is -2.28. The minimum Gasteiger partial charge on any atom is -0.398 e. The van der Waals surface area contributed by atoms with Gasteiger partial charge >= 0.3 is 0 Å². The van der Waals surface area contributed by atoms with Gasteiger partial charge in [0.05, 0.1) is 5.56 Å². The summed E-state index contributed by atoms with van der Waals surface area (Å²) in [5.74, 6) is -0.0104. The quantitative estimate of drug-likeness (QED) is 0.742. The topological polar surface area (TPSA) is 58.4 Å². The number of benzene rings is 1. The molecule has 0 spiro atoms. The standard InChI is InChI=1S/C12H16ClN3O/c1-8-10(13)3-2-9(11(8)14)12(17)16-6-4-15-5-7-16/h2-3,15H,4-7,14H2,1H3. The summed E-state index contributed by atoms with van der Waals surface area (Å²) in [5.41, 5.74) is 7.75. The van der Waals surface area contributed by atoms with Crippen molar-refractivity contribution in [2.75, 3.05) is 31.9 Å². The Morgan fingerprint density at radius 3 is 2.71 bits per heavy atom. The Hall–Kier alpha value is -1.26. The van der Waals surface area contributed by atoms with E-state index in [4.69, 9.17) is 17.3 Å². The molecule has 17 heavy (non-hydrogen) atoms. The van der Waals surface area contributed by atoms with Crippen LogP contribution >= 0.6 is 11.6 Å². The van der Waals surface area contributed by atoms with Crippen molar-refractivity contribution in [3.05, 3.63) is 28.3 Å². The summed E-state index contributed by atoms with van der Waals surface area (Å²) in [4.78, 5) is 14.1. The number of carbonyl (C=O) groups is 1. The van der Waals surface area contributed by atoms with E-state index in [0.717, 1.165) is 31.7 Å². The van der Waals surface area contributed by atoms with Gasteiger partial charge in [-0.2, -0.15) is 0 Å². The van der Waals surface area contributed by atoms with Gasteiger partial charge in [-0.3, -0.25) is 4.79 Å². The summed E-state index contributed by atoms with van der Waals surface area (Å²) in [5, 5.41) is 3.81. The molecular weight excluding hydrogens is 238 g/mol. The smallest absolute Gasteiger partial charge is 0.256 e. The van der Waals surface area contributed by atoms with E-state index in [1.54, 1.807) is 12.1 Å². The number of nitrogens with zero attached hydrogens (tertiary/aromatic N) is 1. The predicted molar refractivity (Wildman–Crippen MR) is 69.4 cm³/mol. The molecule has 0 bridgehead atoms. The molecule has 4 nitrogen and oxygen atoms in total. The minimum atomic E-state index is -0.0104. The molecular formula is C12H16ClN3O. The molecule has 2 rings (SSSR count). The molecule has 1 aliphatic rings. The molecule has 92 valence electrons. The zero-order chi connectivity index (χ0) is 12.4. The van der Waals surface area contributed by atoms with Crippen LogP contribution in [0.25, 0.3) is 0 Å². The third-order valence-corrected chi connectivity index (χ3v) is 3.49. The van der Waals surface area contributed by atoms with Gasteiger partial charge in [0.25, 0.3) is 5.91 Å². The van der Waals surface area contributed by atoms with Gasteiger partial charge in [-0.25, -0.2) is 0 Å². The summed E-state index contributed by atoms with van der Waals surface area (Å²) in [6, 6.07) is 3.43. The van der Waals surface area contributed by atoms with E-state index in [9.17, 15) is 4.79 Å². The first-order valence-corrected chi connectivity index (χ1v) is 6.03. The van der Waals surface area contributed by atoms with Gasteiger partial charge in [-0.1, -0.05) is 11.6 Å². The predicted octanol–water partition coefficient (Wildman–Crippen LogP) is 1.28. The molecule has 0 saturated carbocycles. The van der Waals surface area contributed by atoms with Crippen LogP contribution in [0.15, 0.2) is 12.1 Å². The summed E-state index contributed by atoms with van der Waals surface area (Å²) in [7, 11) is 0. The molecule has 1 heterocycles. The number of rotatable bonds is 1.